The molecule has 0 saturated carbocycles. The fourth-order valence-electron chi connectivity index (χ4n) is 4.33. The Hall–Kier alpha value is -1.51. The van der Waals surface area contributed by atoms with Gasteiger partial charge in [-0.05, 0) is 67.5 Å². The lowest BCUT2D eigenvalue weighted by molar-refractivity contribution is -0.120. The molecular formula is C23H26Cl2FNO4S. The Bertz CT molecular complexity index is 1060. The smallest absolute Gasteiger partial charge is 0.264 e. The van der Waals surface area contributed by atoms with Crippen molar-refractivity contribution in [2.24, 2.45) is 0 Å². The first kappa shape index (κ1) is 25.1. The number of halogens is 3. The van der Waals surface area contributed by atoms with Gasteiger partial charge < -0.3 is 5.32 Å². The summed E-state index contributed by atoms with van der Waals surface area (Å²) in [5, 5.41) is 4.06. The summed E-state index contributed by atoms with van der Waals surface area (Å²) in [5.41, 5.74) is 0.574. The van der Waals surface area contributed by atoms with Crippen LogP contribution in [0.3, 0.4) is 0 Å². The Morgan fingerprint density at radius 1 is 1.25 bits per heavy atom. The third kappa shape index (κ3) is 6.51. The van der Waals surface area contributed by atoms with Gasteiger partial charge >= 0.3 is 0 Å². The van der Waals surface area contributed by atoms with Crippen molar-refractivity contribution in [2.75, 3.05) is 19.4 Å². The fraction of sp³-hybridized carbons (Fsp3) is 0.435. The van der Waals surface area contributed by atoms with Crippen molar-refractivity contribution in [3.63, 3.8) is 0 Å². The number of hydrogen-bond donors (Lipinski definition) is 1. The molecule has 3 rings (SSSR count). The van der Waals surface area contributed by atoms with E-state index in [0.717, 1.165) is 24.7 Å². The molecule has 1 heterocycles. The van der Waals surface area contributed by atoms with Crippen molar-refractivity contribution in [2.45, 2.75) is 43.6 Å². The molecule has 1 N–H and O–H groups in total. The quantitative estimate of drug-likeness (QED) is 0.531. The molecule has 0 spiro atoms. The third-order valence-corrected chi connectivity index (χ3v) is 7.12. The molecule has 0 aliphatic carbocycles. The summed E-state index contributed by atoms with van der Waals surface area (Å²) in [5.74, 6) is -0.684. The molecule has 0 amide bonds. The molecule has 1 saturated heterocycles. The second-order valence-corrected chi connectivity index (χ2v) is 10.7. The van der Waals surface area contributed by atoms with Crippen molar-refractivity contribution >= 4 is 39.1 Å². The normalized spacial score (nSPS) is 21.8. The van der Waals surface area contributed by atoms with Crippen LogP contribution < -0.4 is 5.32 Å². The minimum Gasteiger partial charge on any atom is -0.307 e. The number of nitrogens with one attached hydrogen (secondary N) is 1. The maximum atomic E-state index is 14.3. The molecule has 0 radical (unpaired) electrons. The van der Waals surface area contributed by atoms with Gasteiger partial charge in [0, 0.05) is 22.0 Å². The molecule has 2 unspecified atom stereocenters. The number of benzene rings is 2. The first-order valence-electron chi connectivity index (χ1n) is 10.4. The summed E-state index contributed by atoms with van der Waals surface area (Å²) in [7, 11) is -3.60. The van der Waals surface area contributed by atoms with E-state index in [1.54, 1.807) is 12.1 Å². The summed E-state index contributed by atoms with van der Waals surface area (Å²) >= 11 is 12.4. The highest BCUT2D eigenvalue weighted by molar-refractivity contribution is 7.85. The van der Waals surface area contributed by atoms with Crippen LogP contribution in [0.2, 0.25) is 10.0 Å². The lowest BCUT2D eigenvalue weighted by atomic mass is 9.70. The Kier molecular flexibility index (Phi) is 8.33. The lowest BCUT2D eigenvalue weighted by Gasteiger charge is -2.35. The lowest BCUT2D eigenvalue weighted by Crippen LogP contribution is -2.42. The zero-order valence-corrected chi connectivity index (χ0v) is 20.1. The van der Waals surface area contributed by atoms with Crippen molar-refractivity contribution in [1.82, 2.24) is 5.32 Å². The van der Waals surface area contributed by atoms with Crippen molar-refractivity contribution in [3.8, 4) is 0 Å². The second-order valence-electron chi connectivity index (χ2n) is 8.22. The van der Waals surface area contributed by atoms with Gasteiger partial charge in [0.15, 0.2) is 5.78 Å². The van der Waals surface area contributed by atoms with Gasteiger partial charge in [-0.25, -0.2) is 4.39 Å². The molecule has 5 nitrogen and oxygen atoms in total. The van der Waals surface area contributed by atoms with Gasteiger partial charge in [-0.15, -0.1) is 0 Å². The Labute approximate surface area is 198 Å². The van der Waals surface area contributed by atoms with Gasteiger partial charge in [-0.2, -0.15) is 8.42 Å². The van der Waals surface area contributed by atoms with Crippen LogP contribution in [-0.4, -0.2) is 39.7 Å². The van der Waals surface area contributed by atoms with Gasteiger partial charge in [0.05, 0.1) is 18.9 Å². The zero-order valence-electron chi connectivity index (χ0n) is 17.7. The minimum absolute atomic E-state index is 0.00853. The maximum absolute atomic E-state index is 14.3. The number of rotatable bonds is 8. The van der Waals surface area contributed by atoms with Crippen LogP contribution in [-0.2, 0) is 30.9 Å². The molecule has 32 heavy (non-hydrogen) atoms. The third-order valence-electron chi connectivity index (χ3n) is 5.93. The predicted octanol–water partition coefficient (Wildman–Crippen LogP) is 4.69. The van der Waals surface area contributed by atoms with Crippen LogP contribution in [0.5, 0.6) is 0 Å². The average Bonchev–Trinajstić information content (AvgIpc) is 2.94. The summed E-state index contributed by atoms with van der Waals surface area (Å²) in [6.45, 7) is 0.599. The number of carbonyl (C=O) groups is 1. The van der Waals surface area contributed by atoms with E-state index in [2.05, 4.69) is 5.32 Å². The zero-order chi connectivity index (χ0) is 23.4. The SMILES string of the molecule is CS(=O)(=O)OCCC1(c2cccc(Cl)c2)CCCNC(C(=O)Cc2c(F)cccc2Cl)C1. The Morgan fingerprint density at radius 3 is 2.69 bits per heavy atom. The van der Waals surface area contributed by atoms with Crippen LogP contribution in [0.25, 0.3) is 0 Å². The number of ketones is 1. The summed E-state index contributed by atoms with van der Waals surface area (Å²) in [6, 6.07) is 11.2. The topological polar surface area (TPSA) is 72.5 Å². The molecule has 2 aromatic carbocycles. The molecule has 1 aliphatic heterocycles. The van der Waals surface area contributed by atoms with Crippen LogP contribution in [0.1, 0.15) is 36.8 Å². The van der Waals surface area contributed by atoms with Gasteiger partial charge in [0.2, 0.25) is 0 Å². The van der Waals surface area contributed by atoms with Crippen molar-refractivity contribution in [1.29, 1.82) is 0 Å². The average molecular weight is 502 g/mol. The van der Waals surface area contributed by atoms with Crippen molar-refractivity contribution < 1.29 is 21.8 Å². The highest BCUT2D eigenvalue weighted by Gasteiger charge is 2.39. The molecule has 0 bridgehead atoms. The molecular weight excluding hydrogens is 476 g/mol. The Balaban J connectivity index is 1.89. The largest absolute Gasteiger partial charge is 0.307 e. The summed E-state index contributed by atoms with van der Waals surface area (Å²) in [6.07, 6.45) is 3.18. The summed E-state index contributed by atoms with van der Waals surface area (Å²) in [4.78, 5) is 13.2. The number of hydrogen-bond acceptors (Lipinski definition) is 5. The standard InChI is InChI=1S/C23H26Cl2FNO4S/c1-32(29,30)31-12-10-23(16-5-2-6-17(24)13-16)9-4-11-27-21(15-23)22(28)14-18-19(25)7-3-8-20(18)26/h2-3,5-8,13,21,27H,4,9-12,14-15H2,1H3. The van der Waals surface area contributed by atoms with E-state index in [9.17, 15) is 17.6 Å². The first-order valence-corrected chi connectivity index (χ1v) is 13.0. The van der Waals surface area contributed by atoms with Crippen LogP contribution in [0, 0.1) is 5.82 Å². The van der Waals surface area contributed by atoms with E-state index in [-0.39, 0.29) is 29.4 Å². The Morgan fingerprint density at radius 2 is 2.00 bits per heavy atom. The molecule has 2 atom stereocenters. The summed E-state index contributed by atoms with van der Waals surface area (Å²) < 4.78 is 42.3. The van der Waals surface area contributed by atoms with E-state index < -0.39 is 27.4 Å². The molecule has 0 aromatic heterocycles. The first-order chi connectivity index (χ1) is 15.1. The maximum Gasteiger partial charge on any atom is 0.264 e. The van der Waals surface area contributed by atoms with Crippen molar-refractivity contribution in [3.05, 3.63) is 69.5 Å². The van der Waals surface area contributed by atoms with Crippen LogP contribution in [0.15, 0.2) is 42.5 Å². The van der Waals surface area contributed by atoms with E-state index in [0.29, 0.717) is 24.4 Å². The van der Waals surface area contributed by atoms with Gasteiger partial charge in [0.25, 0.3) is 10.1 Å². The second kappa shape index (κ2) is 10.6. The molecule has 2 aromatic rings. The molecule has 1 aliphatic rings. The van der Waals surface area contributed by atoms with Gasteiger partial charge in [-0.1, -0.05) is 41.4 Å². The predicted molar refractivity (Wildman–Crippen MR) is 124 cm³/mol. The van der Waals surface area contributed by atoms with Crippen LogP contribution in [0.4, 0.5) is 4.39 Å². The molecule has 174 valence electrons. The fourth-order valence-corrected chi connectivity index (χ4v) is 5.14. The van der Waals surface area contributed by atoms with E-state index in [1.165, 1.54) is 12.1 Å². The van der Waals surface area contributed by atoms with Gasteiger partial charge in [-0.3, -0.25) is 8.98 Å². The highest BCUT2D eigenvalue weighted by atomic mass is 35.5. The van der Waals surface area contributed by atoms with E-state index >= 15 is 0 Å². The number of carbonyl (C=O) groups excluding carboxylic acids is 1. The van der Waals surface area contributed by atoms with Crippen LogP contribution >= 0.6 is 23.2 Å². The van der Waals surface area contributed by atoms with E-state index in [1.807, 2.05) is 18.2 Å². The highest BCUT2D eigenvalue weighted by Crippen LogP contribution is 2.40. The number of Topliss-reactive ketones (excluding diaryl/α,β-unsaturated/α-hetero) is 1. The van der Waals surface area contributed by atoms with Gasteiger partial charge in [0.1, 0.15) is 5.82 Å². The monoisotopic (exact) mass is 501 g/mol. The molecule has 1 fully saturated rings. The van der Waals surface area contributed by atoms with E-state index in [4.69, 9.17) is 27.4 Å². The molecule has 9 heteroatoms. The minimum atomic E-state index is -3.60.